The first kappa shape index (κ1) is 40.6. The van der Waals surface area contributed by atoms with Crippen molar-refractivity contribution in [3.8, 4) is 0 Å². The second kappa shape index (κ2) is 29.0. The second-order valence-corrected chi connectivity index (χ2v) is 9.37. The fraction of sp³-hybridized carbons (Fsp3) is 0.516. The Morgan fingerprint density at radius 3 is 2.02 bits per heavy atom. The molecular formula is C31H54N6O5. The molecule has 0 heterocycles. The number of nitrogens with two attached hydrogens (primary N) is 1. The number of hydrogen-bond donors (Lipinski definition) is 5. The molecule has 0 aromatic carbocycles. The average molecular weight is 591 g/mol. The summed E-state index contributed by atoms with van der Waals surface area (Å²) >= 11 is 0. The fourth-order valence-corrected chi connectivity index (χ4v) is 3.03. The first-order valence-corrected chi connectivity index (χ1v) is 14.3. The van der Waals surface area contributed by atoms with Crippen molar-refractivity contribution >= 4 is 18.1 Å². The van der Waals surface area contributed by atoms with Crippen LogP contribution >= 0.6 is 0 Å². The van der Waals surface area contributed by atoms with Gasteiger partial charge in [-0.3, -0.25) is 25.1 Å². The van der Waals surface area contributed by atoms with Gasteiger partial charge in [0.15, 0.2) is 0 Å². The molecule has 0 spiro atoms. The Labute approximate surface area is 252 Å². The summed E-state index contributed by atoms with van der Waals surface area (Å²) in [5.74, 6) is -0.350. The molecule has 0 aliphatic rings. The summed E-state index contributed by atoms with van der Waals surface area (Å²) in [6, 6.07) is 0. The molecule has 0 atom stereocenters. The third-order valence-electron chi connectivity index (χ3n) is 5.66. The van der Waals surface area contributed by atoms with E-state index in [4.69, 9.17) is 5.73 Å². The highest BCUT2D eigenvalue weighted by Gasteiger charge is 2.07. The zero-order valence-electron chi connectivity index (χ0n) is 25.8. The number of carbonyl (C=O) groups excluding carboxylic acids is 3. The van der Waals surface area contributed by atoms with Gasteiger partial charge in [-0.1, -0.05) is 68.2 Å². The topological polar surface area (TPSA) is 151 Å². The van der Waals surface area contributed by atoms with Crippen molar-refractivity contribution in [1.82, 2.24) is 25.7 Å². The van der Waals surface area contributed by atoms with Crippen LogP contribution in [0, 0.1) is 0 Å². The Hall–Kier alpha value is -3.51. The van der Waals surface area contributed by atoms with Gasteiger partial charge in [0.25, 0.3) is 0 Å². The smallest absolute Gasteiger partial charge is 0.243 e. The predicted octanol–water partition coefficient (Wildman–Crippen LogP) is 3.31. The molecule has 0 rings (SSSR count). The molecule has 42 heavy (non-hydrogen) atoms. The van der Waals surface area contributed by atoms with Gasteiger partial charge in [0.05, 0.1) is 13.1 Å². The van der Waals surface area contributed by atoms with E-state index in [1.165, 1.54) is 6.92 Å². The van der Waals surface area contributed by atoms with Crippen molar-refractivity contribution < 1.29 is 24.8 Å². The molecule has 0 aliphatic carbocycles. The molecule has 238 valence electrons. The first-order valence-electron chi connectivity index (χ1n) is 14.3. The molecule has 0 radical (unpaired) electrons. The molecule has 0 bridgehead atoms. The second-order valence-electron chi connectivity index (χ2n) is 9.37. The van der Waals surface area contributed by atoms with Crippen LogP contribution in [0.25, 0.3) is 0 Å². The van der Waals surface area contributed by atoms with Gasteiger partial charge in [0, 0.05) is 57.8 Å². The molecule has 11 nitrogen and oxygen atoms in total. The van der Waals surface area contributed by atoms with Crippen LogP contribution in [0.15, 0.2) is 73.2 Å². The van der Waals surface area contributed by atoms with E-state index in [1.807, 2.05) is 43.5 Å². The number of hydrogen-bond acceptors (Lipinski definition) is 9. The van der Waals surface area contributed by atoms with Crippen molar-refractivity contribution in [3.05, 3.63) is 73.2 Å². The van der Waals surface area contributed by atoms with Gasteiger partial charge >= 0.3 is 0 Å². The highest BCUT2D eigenvalue weighted by molar-refractivity contribution is 5.78. The van der Waals surface area contributed by atoms with Crippen LogP contribution in [-0.4, -0.2) is 96.9 Å². The van der Waals surface area contributed by atoms with E-state index < -0.39 is 5.91 Å². The number of aldehydes is 1. The minimum absolute atomic E-state index is 0.0462. The molecule has 0 saturated carbocycles. The van der Waals surface area contributed by atoms with Gasteiger partial charge in [0.1, 0.15) is 6.29 Å². The third-order valence-corrected chi connectivity index (χ3v) is 5.66. The lowest BCUT2D eigenvalue weighted by Crippen LogP contribution is -2.27. The third kappa shape index (κ3) is 26.7. The molecule has 0 aliphatic heterocycles. The predicted molar refractivity (Wildman–Crippen MR) is 170 cm³/mol. The number of likely N-dealkylation sites (N-methyl/N-ethyl adjacent to an activating group) is 1. The van der Waals surface area contributed by atoms with E-state index in [0.717, 1.165) is 49.4 Å². The van der Waals surface area contributed by atoms with Crippen LogP contribution in [0.3, 0.4) is 0 Å². The first-order chi connectivity index (χ1) is 20.1. The van der Waals surface area contributed by atoms with Crippen molar-refractivity contribution in [1.29, 1.82) is 0 Å². The lowest BCUT2D eigenvalue weighted by atomic mass is 10.2. The number of allylic oxidation sites excluding steroid dienone is 6. The highest BCUT2D eigenvalue weighted by atomic mass is 16.5. The van der Waals surface area contributed by atoms with E-state index in [9.17, 15) is 24.8 Å². The van der Waals surface area contributed by atoms with Crippen molar-refractivity contribution in [3.63, 3.8) is 0 Å². The molecule has 0 fully saturated rings. The summed E-state index contributed by atoms with van der Waals surface area (Å²) in [7, 11) is 3.66. The summed E-state index contributed by atoms with van der Waals surface area (Å²) in [6.07, 6.45) is 20.6. The lowest BCUT2D eigenvalue weighted by Gasteiger charge is -2.18. The Morgan fingerprint density at radius 1 is 0.857 bits per heavy atom. The summed E-state index contributed by atoms with van der Waals surface area (Å²) in [6.45, 7) is 12.6. The Morgan fingerprint density at radius 2 is 1.45 bits per heavy atom. The van der Waals surface area contributed by atoms with Crippen LogP contribution in [-0.2, 0) is 14.4 Å². The van der Waals surface area contributed by atoms with E-state index in [1.54, 1.807) is 24.1 Å². The molecule has 0 aromatic rings. The number of nitrogens with one attached hydrogen (secondary N) is 2. The normalized spacial score (nSPS) is 11.1. The molecule has 11 heteroatoms. The van der Waals surface area contributed by atoms with Crippen LogP contribution in [0.1, 0.15) is 51.9 Å². The largest absolute Gasteiger partial charge is 0.385 e. The number of hydroxylamine groups is 4. The average Bonchev–Trinajstić information content (AvgIpc) is 2.97. The standard InChI is InChI=1S/C21H34N4O3.C10H20N2O2/c1-19(23-16-10-6-8-12-18-25(28)21(3)26)13-14-20(2)24(27)17-11-7-5-9-15-22-4;1-12(8-4-2-3-7-11)10(14)6-5-9-13/h5-12,22-23,27-28H,1-2,13-18H2,3-4H3;9H,2-8,11H2,1H3/b9-5+,10-6+,11-7+,12-8+;. The van der Waals surface area contributed by atoms with E-state index in [2.05, 4.69) is 23.8 Å². The summed E-state index contributed by atoms with van der Waals surface area (Å²) in [5.41, 5.74) is 6.83. The Kier molecular flexibility index (Phi) is 28.1. The highest BCUT2D eigenvalue weighted by Crippen LogP contribution is 2.10. The summed E-state index contributed by atoms with van der Waals surface area (Å²) in [5, 5.41) is 27.1. The molecule has 6 N–H and O–H groups in total. The maximum atomic E-state index is 11.3. The number of unbranched alkanes of at least 4 members (excludes halogenated alkanes) is 2. The van der Waals surface area contributed by atoms with Crippen LogP contribution < -0.4 is 16.4 Å². The molecule has 0 aromatic heterocycles. The van der Waals surface area contributed by atoms with Gasteiger partial charge in [-0.2, -0.15) is 0 Å². The van der Waals surface area contributed by atoms with Crippen molar-refractivity contribution in [2.24, 2.45) is 5.73 Å². The zero-order valence-corrected chi connectivity index (χ0v) is 25.8. The zero-order chi connectivity index (χ0) is 32.0. The molecule has 0 unspecified atom stereocenters. The number of rotatable bonds is 23. The number of nitrogens with zero attached hydrogens (tertiary/aromatic N) is 3. The van der Waals surface area contributed by atoms with Crippen LogP contribution in [0.5, 0.6) is 0 Å². The maximum absolute atomic E-state index is 11.3. The molecular weight excluding hydrogens is 536 g/mol. The van der Waals surface area contributed by atoms with E-state index in [0.29, 0.717) is 56.1 Å². The van der Waals surface area contributed by atoms with Crippen LogP contribution in [0.4, 0.5) is 0 Å². The lowest BCUT2D eigenvalue weighted by molar-refractivity contribution is -0.160. The quantitative estimate of drug-likeness (QED) is 0.0397. The van der Waals surface area contributed by atoms with Gasteiger partial charge in [0.2, 0.25) is 11.8 Å². The molecule has 2 amide bonds. The summed E-state index contributed by atoms with van der Waals surface area (Å²) in [4.78, 5) is 33.8. The Bertz CT molecular complexity index is 885. The Balaban J connectivity index is 0. The molecule has 0 saturated heterocycles. The van der Waals surface area contributed by atoms with Gasteiger partial charge in [-0.05, 0) is 39.3 Å². The van der Waals surface area contributed by atoms with Crippen LogP contribution in [0.2, 0.25) is 0 Å². The van der Waals surface area contributed by atoms with Gasteiger partial charge in [-0.15, -0.1) is 0 Å². The number of carbonyl (C=O) groups is 3. The van der Waals surface area contributed by atoms with E-state index >= 15 is 0 Å². The van der Waals surface area contributed by atoms with Crippen molar-refractivity contribution in [2.45, 2.75) is 51.9 Å². The van der Waals surface area contributed by atoms with Gasteiger partial charge in [-0.25, -0.2) is 5.06 Å². The minimum Gasteiger partial charge on any atom is -0.385 e. The minimum atomic E-state index is -0.396. The van der Waals surface area contributed by atoms with Gasteiger partial charge < -0.3 is 26.1 Å². The maximum Gasteiger partial charge on any atom is 0.243 e. The monoisotopic (exact) mass is 590 g/mol. The summed E-state index contributed by atoms with van der Waals surface area (Å²) < 4.78 is 0. The number of amides is 2. The van der Waals surface area contributed by atoms with E-state index in [-0.39, 0.29) is 12.5 Å². The van der Waals surface area contributed by atoms with Crippen molar-refractivity contribution in [2.75, 3.05) is 53.4 Å². The fourth-order valence-electron chi connectivity index (χ4n) is 3.03. The SMILES string of the molecule is C=C(CCC(=C)N(O)C/C=C/C=C/CNC)NC/C=C/C=C/CN(O)C(C)=O.CN(CCCCCN)C(=O)CCC=O.